The quantitative estimate of drug-likeness (QED) is 0.379. The summed E-state index contributed by atoms with van der Waals surface area (Å²) in [5.41, 5.74) is 11.4. The van der Waals surface area contributed by atoms with E-state index in [-0.39, 0.29) is 5.92 Å². The van der Waals surface area contributed by atoms with Crippen molar-refractivity contribution in [3.63, 3.8) is 0 Å². The third kappa shape index (κ3) is 3.03. The van der Waals surface area contributed by atoms with Crippen LogP contribution in [0.1, 0.15) is 31.5 Å². The monoisotopic (exact) mass is 422 g/mol. The number of benzene rings is 2. The number of pyridine rings is 1. The first-order valence-electron chi connectivity index (χ1n) is 10.9. The summed E-state index contributed by atoms with van der Waals surface area (Å²) in [6.45, 7) is 1.88. The molecular weight excluding hydrogens is 398 g/mol. The van der Waals surface area contributed by atoms with Crippen LogP contribution >= 0.6 is 0 Å². The highest BCUT2D eigenvalue weighted by atomic mass is 16.3. The van der Waals surface area contributed by atoms with Gasteiger partial charge in [-0.3, -0.25) is 0 Å². The molecule has 0 bridgehead atoms. The van der Waals surface area contributed by atoms with Crippen molar-refractivity contribution in [3.8, 4) is 22.5 Å². The summed E-state index contributed by atoms with van der Waals surface area (Å²) in [6, 6.07) is 20.6. The van der Waals surface area contributed by atoms with Crippen molar-refractivity contribution in [1.82, 2.24) is 15.0 Å². The highest BCUT2D eigenvalue weighted by molar-refractivity contribution is 5.89. The highest BCUT2D eigenvalue weighted by Crippen LogP contribution is 2.43. The summed E-state index contributed by atoms with van der Waals surface area (Å²) < 4.78 is 2.08. The van der Waals surface area contributed by atoms with Gasteiger partial charge in [-0.15, -0.1) is 0 Å². The van der Waals surface area contributed by atoms with Crippen molar-refractivity contribution in [1.29, 1.82) is 0 Å². The molecule has 0 atom stereocenters. The molecule has 158 valence electrons. The molecule has 0 amide bonds. The van der Waals surface area contributed by atoms with Crippen LogP contribution in [-0.2, 0) is 0 Å². The van der Waals surface area contributed by atoms with E-state index < -0.39 is 5.60 Å². The average Bonchev–Trinajstić information content (AvgIpc) is 3.18. The van der Waals surface area contributed by atoms with Gasteiger partial charge < -0.3 is 10.8 Å². The summed E-state index contributed by atoms with van der Waals surface area (Å²) in [6.07, 6.45) is 5.09. The molecule has 4 N–H and O–H groups in total. The third-order valence-electron chi connectivity index (χ3n) is 6.47. The standard InChI is InChI=1S/C26H23N5O/c1-26(32)14-19(15-26)25-30-22(23-24(27)28-11-12-31(23)25)18-8-7-17-9-10-20(29-21(17)13-18)16-5-3-2-4-6-16/h2-13,19,32H,14-15H2,1H3,(H2,27,28)/p+1. The molecule has 3 aromatic heterocycles. The minimum Gasteiger partial charge on any atom is -0.390 e. The molecule has 0 radical (unpaired) electrons. The Balaban J connectivity index is 1.50. The molecule has 1 fully saturated rings. The number of fused-ring (bicyclic) bond motifs is 2. The first-order valence-corrected chi connectivity index (χ1v) is 10.9. The van der Waals surface area contributed by atoms with Crippen molar-refractivity contribution in [2.75, 3.05) is 5.73 Å². The van der Waals surface area contributed by atoms with E-state index in [0.29, 0.717) is 5.82 Å². The van der Waals surface area contributed by atoms with Crippen molar-refractivity contribution in [2.24, 2.45) is 0 Å². The number of anilines is 1. The van der Waals surface area contributed by atoms with E-state index in [4.69, 9.17) is 10.7 Å². The van der Waals surface area contributed by atoms with Gasteiger partial charge in [0.1, 0.15) is 6.20 Å². The van der Waals surface area contributed by atoms with Crippen LogP contribution in [0, 0.1) is 0 Å². The van der Waals surface area contributed by atoms with Crippen molar-refractivity contribution in [3.05, 3.63) is 78.9 Å². The van der Waals surface area contributed by atoms with E-state index in [1.807, 2.05) is 31.3 Å². The Labute approximate surface area is 185 Å². The average molecular weight is 423 g/mol. The van der Waals surface area contributed by atoms with E-state index >= 15 is 0 Å². The Morgan fingerprint density at radius 2 is 1.84 bits per heavy atom. The smallest absolute Gasteiger partial charge is 0.263 e. The maximum Gasteiger partial charge on any atom is 0.263 e. The van der Waals surface area contributed by atoms with Crippen LogP contribution in [0.4, 0.5) is 5.82 Å². The van der Waals surface area contributed by atoms with Crippen LogP contribution in [-0.4, -0.2) is 25.7 Å². The van der Waals surface area contributed by atoms with Gasteiger partial charge in [0, 0.05) is 16.5 Å². The number of nitrogen functional groups attached to an aromatic ring is 1. The lowest BCUT2D eigenvalue weighted by molar-refractivity contribution is -0.525. The molecule has 6 rings (SSSR count). The molecule has 0 aliphatic heterocycles. The maximum atomic E-state index is 10.3. The second-order valence-electron chi connectivity index (χ2n) is 8.99. The lowest BCUT2D eigenvalue weighted by atomic mass is 9.72. The lowest BCUT2D eigenvalue weighted by Gasteiger charge is -2.38. The van der Waals surface area contributed by atoms with Crippen LogP contribution in [0.2, 0.25) is 0 Å². The number of aliphatic hydroxyl groups is 1. The summed E-state index contributed by atoms with van der Waals surface area (Å²) in [5.74, 6) is 1.76. The zero-order valence-electron chi connectivity index (χ0n) is 17.8. The number of aromatic nitrogens is 4. The number of H-pyrrole nitrogens is 1. The number of rotatable bonds is 3. The van der Waals surface area contributed by atoms with Crippen molar-refractivity contribution in [2.45, 2.75) is 31.3 Å². The molecule has 6 heteroatoms. The predicted octanol–water partition coefficient (Wildman–Crippen LogP) is 4.24. The molecule has 3 heterocycles. The van der Waals surface area contributed by atoms with Crippen LogP contribution < -0.4 is 10.1 Å². The van der Waals surface area contributed by atoms with Gasteiger partial charge in [-0.1, -0.05) is 42.5 Å². The fraction of sp³-hybridized carbons (Fsp3) is 0.192. The molecule has 1 saturated carbocycles. The maximum absolute atomic E-state index is 10.3. The van der Waals surface area contributed by atoms with Crippen molar-refractivity contribution >= 4 is 22.2 Å². The number of aromatic amines is 1. The predicted molar refractivity (Wildman–Crippen MR) is 125 cm³/mol. The van der Waals surface area contributed by atoms with Gasteiger partial charge in [0.15, 0.2) is 11.5 Å². The summed E-state index contributed by atoms with van der Waals surface area (Å²) >= 11 is 0. The van der Waals surface area contributed by atoms with E-state index in [1.165, 1.54) is 0 Å². The largest absolute Gasteiger partial charge is 0.390 e. The summed E-state index contributed by atoms with van der Waals surface area (Å²) in [7, 11) is 0. The molecular formula is C26H24N5O+. The molecule has 32 heavy (non-hydrogen) atoms. The number of nitrogens with zero attached hydrogens (tertiary/aromatic N) is 3. The molecule has 1 aliphatic carbocycles. The van der Waals surface area contributed by atoms with Crippen LogP contribution in [0.15, 0.2) is 73.1 Å². The zero-order valence-corrected chi connectivity index (χ0v) is 17.8. The first kappa shape index (κ1) is 19.0. The van der Waals surface area contributed by atoms with Gasteiger partial charge in [-0.25, -0.2) is 15.0 Å². The van der Waals surface area contributed by atoms with Gasteiger partial charge in [0.2, 0.25) is 5.52 Å². The van der Waals surface area contributed by atoms with E-state index in [0.717, 1.165) is 57.6 Å². The van der Waals surface area contributed by atoms with Gasteiger partial charge in [0.05, 0.1) is 28.9 Å². The SMILES string of the molecule is CC1(O)CC(c2[nH]c(-c3ccc4ccc(-c5ccccc5)nc4c3)c3c(N)ncc[n+]23)C1. The molecule has 6 nitrogen and oxygen atoms in total. The fourth-order valence-electron chi connectivity index (χ4n) is 4.88. The van der Waals surface area contributed by atoms with Crippen molar-refractivity contribution < 1.29 is 9.51 Å². The molecule has 0 saturated heterocycles. The van der Waals surface area contributed by atoms with Gasteiger partial charge in [-0.05, 0) is 38.0 Å². The van der Waals surface area contributed by atoms with Gasteiger partial charge in [0.25, 0.3) is 5.82 Å². The molecule has 0 spiro atoms. The third-order valence-corrected chi connectivity index (χ3v) is 6.47. The van der Waals surface area contributed by atoms with E-state index in [9.17, 15) is 5.11 Å². The fourth-order valence-corrected chi connectivity index (χ4v) is 4.88. The second-order valence-corrected chi connectivity index (χ2v) is 8.99. The zero-order chi connectivity index (χ0) is 21.9. The minimum atomic E-state index is -0.609. The topological polar surface area (TPSA) is 91.9 Å². The lowest BCUT2D eigenvalue weighted by Crippen LogP contribution is -2.43. The number of imidazole rings is 1. The summed E-state index contributed by atoms with van der Waals surface area (Å²) in [4.78, 5) is 12.9. The van der Waals surface area contributed by atoms with Gasteiger partial charge in [-0.2, -0.15) is 4.40 Å². The number of hydrogen-bond donors (Lipinski definition) is 3. The Morgan fingerprint density at radius 3 is 2.62 bits per heavy atom. The summed E-state index contributed by atoms with van der Waals surface area (Å²) in [5, 5.41) is 11.3. The Hall–Kier alpha value is -3.77. The first-order chi connectivity index (χ1) is 15.5. The van der Waals surface area contributed by atoms with Gasteiger partial charge >= 0.3 is 0 Å². The second kappa shape index (κ2) is 6.87. The Morgan fingerprint density at radius 1 is 1.06 bits per heavy atom. The van der Waals surface area contributed by atoms with E-state index in [2.05, 4.69) is 56.8 Å². The number of hydrogen-bond acceptors (Lipinski definition) is 4. The Bertz CT molecular complexity index is 1460. The molecule has 1 aliphatic rings. The number of nitrogens with two attached hydrogens (primary N) is 1. The molecule has 0 unspecified atom stereocenters. The van der Waals surface area contributed by atoms with E-state index in [1.54, 1.807) is 6.20 Å². The highest BCUT2D eigenvalue weighted by Gasteiger charge is 2.44. The van der Waals surface area contributed by atoms with Crippen LogP contribution in [0.5, 0.6) is 0 Å². The Kier molecular flexibility index (Phi) is 4.07. The van der Waals surface area contributed by atoms with Crippen LogP contribution in [0.25, 0.3) is 38.9 Å². The normalized spacial score (nSPS) is 20.5. The number of nitrogens with one attached hydrogen (secondary N) is 1. The molecule has 2 aromatic carbocycles. The molecule has 5 aromatic rings. The van der Waals surface area contributed by atoms with Crippen LogP contribution in [0.3, 0.4) is 0 Å². The minimum absolute atomic E-state index is 0.247.